The number of rotatable bonds is 4. The van der Waals surface area contributed by atoms with E-state index in [1.807, 2.05) is 24.3 Å². The Bertz CT molecular complexity index is 643. The Morgan fingerprint density at radius 3 is 2.78 bits per heavy atom. The molecule has 1 aromatic heterocycles. The minimum absolute atomic E-state index is 0.184. The zero-order valence-electron chi connectivity index (χ0n) is 9.80. The number of hydrogen-bond acceptors (Lipinski definition) is 4. The van der Waals surface area contributed by atoms with E-state index in [0.717, 1.165) is 17.3 Å². The van der Waals surface area contributed by atoms with Crippen molar-refractivity contribution in [1.29, 1.82) is 0 Å². The Labute approximate surface area is 104 Å². The molecule has 18 heavy (non-hydrogen) atoms. The predicted molar refractivity (Wildman–Crippen MR) is 67.7 cm³/mol. The number of imidazole rings is 1. The number of fused-ring (bicyclic) bond motifs is 1. The molecule has 0 spiro atoms. The first-order valence-electron chi connectivity index (χ1n) is 5.32. The summed E-state index contributed by atoms with van der Waals surface area (Å²) in [6.45, 7) is 0.184. The summed E-state index contributed by atoms with van der Waals surface area (Å²) in [5.74, 6) is -0.441. The molecule has 0 fully saturated rings. The number of carbonyl (C=O) groups is 1. The number of hydrogen-bond donors (Lipinski definition) is 2. The molecule has 96 valence electrons. The minimum Gasteiger partial charge on any atom is -0.348 e. The van der Waals surface area contributed by atoms with Crippen LogP contribution in [-0.4, -0.2) is 36.3 Å². The molecule has 2 N–H and O–H groups in total. The van der Waals surface area contributed by atoms with Gasteiger partial charge in [0.2, 0.25) is 5.91 Å². The first kappa shape index (κ1) is 12.6. The fraction of sp³-hybridized carbons (Fsp3) is 0.273. The van der Waals surface area contributed by atoms with Crippen molar-refractivity contribution in [2.24, 2.45) is 0 Å². The van der Waals surface area contributed by atoms with Crippen molar-refractivity contribution < 1.29 is 13.2 Å². The zero-order chi connectivity index (χ0) is 13.2. The number of sulfone groups is 1. The van der Waals surface area contributed by atoms with Gasteiger partial charge in [-0.05, 0) is 12.1 Å². The maximum Gasteiger partial charge on any atom is 0.235 e. The molecule has 0 radical (unpaired) electrons. The van der Waals surface area contributed by atoms with Crippen molar-refractivity contribution in [2.75, 3.05) is 12.0 Å². The molecule has 0 aliphatic carbocycles. The van der Waals surface area contributed by atoms with E-state index in [1.165, 1.54) is 0 Å². The van der Waals surface area contributed by atoms with E-state index in [4.69, 9.17) is 0 Å². The Kier molecular flexibility index (Phi) is 3.33. The molecule has 6 nitrogen and oxygen atoms in total. The van der Waals surface area contributed by atoms with Gasteiger partial charge in [-0.3, -0.25) is 4.79 Å². The fourth-order valence-electron chi connectivity index (χ4n) is 1.56. The number of para-hydroxylation sites is 2. The van der Waals surface area contributed by atoms with E-state index in [0.29, 0.717) is 5.82 Å². The minimum atomic E-state index is -3.30. The molecule has 2 rings (SSSR count). The standard InChI is InChI=1S/C11H13N3O3S/c1-18(16,17)7-11(15)12-6-10-13-8-4-2-3-5-9(8)14-10/h2-5H,6-7H2,1H3,(H,12,15)(H,13,14). The summed E-state index contributed by atoms with van der Waals surface area (Å²) in [5, 5.41) is 2.50. The van der Waals surface area contributed by atoms with Crippen molar-refractivity contribution in [3.8, 4) is 0 Å². The van der Waals surface area contributed by atoms with Gasteiger partial charge in [-0.2, -0.15) is 0 Å². The van der Waals surface area contributed by atoms with Crippen LogP contribution in [0.2, 0.25) is 0 Å². The topological polar surface area (TPSA) is 91.9 Å². The average molecular weight is 267 g/mol. The van der Waals surface area contributed by atoms with E-state index >= 15 is 0 Å². The number of aromatic nitrogens is 2. The van der Waals surface area contributed by atoms with Crippen molar-refractivity contribution in [3.63, 3.8) is 0 Å². The molecule has 2 aromatic rings. The second kappa shape index (κ2) is 4.77. The lowest BCUT2D eigenvalue weighted by atomic mass is 10.3. The summed E-state index contributed by atoms with van der Waals surface area (Å²) in [5.41, 5.74) is 1.69. The summed E-state index contributed by atoms with van der Waals surface area (Å²) in [6.07, 6.45) is 1.02. The van der Waals surface area contributed by atoms with Crippen LogP contribution in [0.1, 0.15) is 5.82 Å². The third-order valence-electron chi connectivity index (χ3n) is 2.28. The molecule has 1 heterocycles. The highest BCUT2D eigenvalue weighted by atomic mass is 32.2. The normalized spacial score (nSPS) is 11.6. The summed E-state index contributed by atoms with van der Waals surface area (Å²) in [7, 11) is -3.30. The van der Waals surface area contributed by atoms with Gasteiger partial charge in [0.15, 0.2) is 9.84 Å². The average Bonchev–Trinajstić information content (AvgIpc) is 2.66. The third-order valence-corrected chi connectivity index (χ3v) is 3.07. The number of aromatic amines is 1. The smallest absolute Gasteiger partial charge is 0.235 e. The first-order valence-corrected chi connectivity index (χ1v) is 7.38. The first-order chi connectivity index (χ1) is 8.44. The Morgan fingerprint density at radius 1 is 1.39 bits per heavy atom. The largest absolute Gasteiger partial charge is 0.348 e. The number of amides is 1. The molecule has 0 saturated heterocycles. The lowest BCUT2D eigenvalue weighted by Crippen LogP contribution is -2.29. The van der Waals surface area contributed by atoms with Gasteiger partial charge in [-0.1, -0.05) is 12.1 Å². The second-order valence-electron chi connectivity index (χ2n) is 4.05. The van der Waals surface area contributed by atoms with E-state index in [1.54, 1.807) is 0 Å². The molecule has 0 aliphatic heterocycles. The van der Waals surface area contributed by atoms with Crippen molar-refractivity contribution in [1.82, 2.24) is 15.3 Å². The van der Waals surface area contributed by atoms with Crippen LogP contribution in [0.4, 0.5) is 0 Å². The zero-order valence-corrected chi connectivity index (χ0v) is 10.6. The van der Waals surface area contributed by atoms with Crippen LogP contribution in [-0.2, 0) is 21.2 Å². The Balaban J connectivity index is 2.00. The summed E-state index contributed by atoms with van der Waals surface area (Å²) in [4.78, 5) is 18.6. The van der Waals surface area contributed by atoms with E-state index in [2.05, 4.69) is 15.3 Å². The van der Waals surface area contributed by atoms with Gasteiger partial charge in [0.25, 0.3) is 0 Å². The molecule has 0 bridgehead atoms. The number of benzene rings is 1. The van der Waals surface area contributed by atoms with Gasteiger partial charge in [-0.25, -0.2) is 13.4 Å². The lowest BCUT2D eigenvalue weighted by Gasteiger charge is -2.01. The molecule has 1 amide bonds. The monoisotopic (exact) mass is 267 g/mol. The molecule has 0 saturated carbocycles. The van der Waals surface area contributed by atoms with E-state index in [-0.39, 0.29) is 6.54 Å². The van der Waals surface area contributed by atoms with Gasteiger partial charge in [0.05, 0.1) is 17.6 Å². The van der Waals surface area contributed by atoms with Crippen LogP contribution < -0.4 is 5.32 Å². The van der Waals surface area contributed by atoms with Gasteiger partial charge in [-0.15, -0.1) is 0 Å². The number of nitrogens with zero attached hydrogens (tertiary/aromatic N) is 1. The van der Waals surface area contributed by atoms with Crippen molar-refractivity contribution >= 4 is 26.8 Å². The Hall–Kier alpha value is -1.89. The van der Waals surface area contributed by atoms with Gasteiger partial charge >= 0.3 is 0 Å². The van der Waals surface area contributed by atoms with E-state index < -0.39 is 21.5 Å². The number of H-pyrrole nitrogens is 1. The Morgan fingerprint density at radius 2 is 2.11 bits per heavy atom. The fourth-order valence-corrected chi connectivity index (χ4v) is 2.14. The molecule has 0 aliphatic rings. The summed E-state index contributed by atoms with van der Waals surface area (Å²) < 4.78 is 21.8. The molecular weight excluding hydrogens is 254 g/mol. The third kappa shape index (κ3) is 3.30. The molecule has 0 atom stereocenters. The predicted octanol–water partition coefficient (Wildman–Crippen LogP) is 0.224. The number of nitrogens with one attached hydrogen (secondary N) is 2. The molecule has 7 heteroatoms. The summed E-state index contributed by atoms with van der Waals surface area (Å²) >= 11 is 0. The number of carbonyl (C=O) groups excluding carboxylic acids is 1. The van der Waals surface area contributed by atoms with E-state index in [9.17, 15) is 13.2 Å². The highest BCUT2D eigenvalue weighted by Gasteiger charge is 2.11. The van der Waals surface area contributed by atoms with Gasteiger partial charge in [0, 0.05) is 6.26 Å². The van der Waals surface area contributed by atoms with Crippen LogP contribution >= 0.6 is 0 Å². The summed E-state index contributed by atoms with van der Waals surface area (Å²) in [6, 6.07) is 7.49. The molecule has 0 unspecified atom stereocenters. The molecular formula is C11H13N3O3S. The molecule has 1 aromatic carbocycles. The van der Waals surface area contributed by atoms with Crippen molar-refractivity contribution in [3.05, 3.63) is 30.1 Å². The highest BCUT2D eigenvalue weighted by molar-refractivity contribution is 7.91. The van der Waals surface area contributed by atoms with Crippen LogP contribution in [0.15, 0.2) is 24.3 Å². The maximum atomic E-state index is 11.3. The van der Waals surface area contributed by atoms with Gasteiger partial charge < -0.3 is 10.3 Å². The maximum absolute atomic E-state index is 11.3. The second-order valence-corrected chi connectivity index (χ2v) is 6.19. The van der Waals surface area contributed by atoms with Crippen LogP contribution in [0.25, 0.3) is 11.0 Å². The highest BCUT2D eigenvalue weighted by Crippen LogP contribution is 2.09. The van der Waals surface area contributed by atoms with Crippen LogP contribution in [0.5, 0.6) is 0 Å². The quantitative estimate of drug-likeness (QED) is 0.829. The van der Waals surface area contributed by atoms with Gasteiger partial charge in [0.1, 0.15) is 11.6 Å². The van der Waals surface area contributed by atoms with Crippen LogP contribution in [0, 0.1) is 0 Å². The lowest BCUT2D eigenvalue weighted by molar-refractivity contribution is -0.118. The van der Waals surface area contributed by atoms with Crippen LogP contribution in [0.3, 0.4) is 0 Å². The SMILES string of the molecule is CS(=O)(=O)CC(=O)NCc1nc2ccccc2[nH]1. The van der Waals surface area contributed by atoms with Crippen molar-refractivity contribution in [2.45, 2.75) is 6.54 Å².